The topological polar surface area (TPSA) is 52.6 Å². The maximum absolute atomic E-state index is 12.9. The van der Waals surface area contributed by atoms with Crippen LogP contribution in [0.4, 0.5) is 0 Å². The van der Waals surface area contributed by atoms with Gasteiger partial charge >= 0.3 is 11.9 Å². The highest BCUT2D eigenvalue weighted by atomic mass is 28.3. The van der Waals surface area contributed by atoms with Crippen molar-refractivity contribution in [1.82, 2.24) is 0 Å². The van der Waals surface area contributed by atoms with Crippen LogP contribution in [-0.4, -0.2) is 42.3 Å². The third kappa shape index (κ3) is 5.72. The second-order valence-electron chi connectivity index (χ2n) is 9.40. The molecule has 0 N–H and O–H groups in total. The van der Waals surface area contributed by atoms with E-state index in [0.29, 0.717) is 12.3 Å². The van der Waals surface area contributed by atoms with Crippen LogP contribution in [0.3, 0.4) is 0 Å². The summed E-state index contributed by atoms with van der Waals surface area (Å²) in [5, 5.41) is -0.550. The summed E-state index contributed by atoms with van der Waals surface area (Å²) in [5.74, 6) is 0.188. The molecule has 0 aromatic rings. The Labute approximate surface area is 150 Å². The molecule has 0 heterocycles. The number of rotatable bonds is 9. The zero-order chi connectivity index (χ0) is 19.3. The normalized spacial score (nSPS) is 16.5. The van der Waals surface area contributed by atoms with Gasteiger partial charge in [-0.05, 0) is 18.8 Å². The van der Waals surface area contributed by atoms with Gasteiger partial charge in [0.05, 0.1) is 40.9 Å². The number of carbonyl (C=O) groups excluding carboxylic acids is 2. The second kappa shape index (κ2) is 8.65. The van der Waals surface area contributed by atoms with E-state index in [1.165, 1.54) is 14.2 Å². The van der Waals surface area contributed by atoms with Crippen molar-refractivity contribution in [3.8, 4) is 0 Å². The van der Waals surface area contributed by atoms with Crippen LogP contribution in [0.1, 0.15) is 33.1 Å². The van der Waals surface area contributed by atoms with Crippen molar-refractivity contribution in [3.63, 3.8) is 0 Å². The molecule has 0 aliphatic rings. The van der Waals surface area contributed by atoms with E-state index < -0.39 is 21.2 Å². The van der Waals surface area contributed by atoms with Gasteiger partial charge in [-0.1, -0.05) is 59.6 Å². The molecule has 0 fully saturated rings. The Morgan fingerprint density at radius 3 is 1.75 bits per heavy atom. The van der Waals surface area contributed by atoms with E-state index in [4.69, 9.17) is 9.47 Å². The van der Waals surface area contributed by atoms with E-state index in [1.807, 2.05) is 0 Å². The van der Waals surface area contributed by atoms with Crippen molar-refractivity contribution in [3.05, 3.63) is 0 Å². The standard InChI is InChI=1S/C18H38O4Si2/c1-14(2)11-12-18(17(20)22-4,24(8,9)10)13-15(16(19)21-3)23(5,6)7/h14-15H,11-13H2,1-10H3/t15-,18-/m0/s1. The summed E-state index contributed by atoms with van der Waals surface area (Å²) >= 11 is 0. The zero-order valence-corrected chi connectivity index (χ0v) is 19.4. The fraction of sp³-hybridized carbons (Fsp3) is 0.889. The highest BCUT2D eigenvalue weighted by Crippen LogP contribution is 2.52. The van der Waals surface area contributed by atoms with E-state index in [0.717, 1.165) is 12.8 Å². The third-order valence-electron chi connectivity index (χ3n) is 5.24. The van der Waals surface area contributed by atoms with Crippen LogP contribution in [0, 0.1) is 5.92 Å². The van der Waals surface area contributed by atoms with E-state index in [9.17, 15) is 9.59 Å². The molecule has 0 aliphatic heterocycles. The minimum absolute atomic E-state index is 0.144. The summed E-state index contributed by atoms with van der Waals surface area (Å²) in [4.78, 5) is 25.4. The lowest BCUT2D eigenvalue weighted by molar-refractivity contribution is -0.146. The lowest BCUT2D eigenvalue weighted by atomic mass is 9.92. The first kappa shape index (κ1) is 23.4. The maximum atomic E-state index is 12.9. The third-order valence-corrected chi connectivity index (χ3v) is 11.3. The van der Waals surface area contributed by atoms with Gasteiger partial charge in [0.15, 0.2) is 0 Å². The minimum Gasteiger partial charge on any atom is -0.469 e. The summed E-state index contributed by atoms with van der Waals surface area (Å²) in [5.41, 5.74) is -0.194. The SMILES string of the molecule is COC(=O)[C@H](C[C@@](CCC(C)C)(C(=O)OC)[Si](C)(C)C)[Si](C)(C)C. The van der Waals surface area contributed by atoms with Crippen molar-refractivity contribution in [2.75, 3.05) is 14.2 Å². The Morgan fingerprint density at radius 1 is 0.958 bits per heavy atom. The molecule has 0 saturated carbocycles. The number of hydrogen-bond donors (Lipinski definition) is 0. The highest BCUT2D eigenvalue weighted by molar-refractivity contribution is 6.83. The fourth-order valence-corrected chi connectivity index (χ4v) is 7.65. The van der Waals surface area contributed by atoms with Crippen LogP contribution in [0.25, 0.3) is 0 Å². The molecule has 2 atom stereocenters. The lowest BCUT2D eigenvalue weighted by Gasteiger charge is -2.45. The summed E-state index contributed by atoms with van der Waals surface area (Å²) in [6, 6.07) is 0. The predicted molar refractivity (Wildman–Crippen MR) is 106 cm³/mol. The van der Waals surface area contributed by atoms with E-state index in [1.54, 1.807) is 0 Å². The van der Waals surface area contributed by atoms with Crippen molar-refractivity contribution >= 4 is 28.1 Å². The molecule has 0 bridgehead atoms. The summed E-state index contributed by atoms with van der Waals surface area (Å²) in [6.45, 7) is 17.5. The molecule has 0 unspecified atom stereocenters. The van der Waals surface area contributed by atoms with Gasteiger partial charge in [-0.3, -0.25) is 9.59 Å². The summed E-state index contributed by atoms with van der Waals surface area (Å²) in [6.07, 6.45) is 2.30. The molecule has 0 spiro atoms. The van der Waals surface area contributed by atoms with Crippen molar-refractivity contribution in [2.24, 2.45) is 5.92 Å². The van der Waals surface area contributed by atoms with Gasteiger partial charge in [-0.25, -0.2) is 0 Å². The van der Waals surface area contributed by atoms with Crippen LogP contribution in [0.5, 0.6) is 0 Å². The van der Waals surface area contributed by atoms with Gasteiger partial charge in [0.1, 0.15) is 0 Å². The summed E-state index contributed by atoms with van der Waals surface area (Å²) < 4.78 is 10.4. The Balaban J connectivity index is 6.06. The monoisotopic (exact) mass is 374 g/mol. The van der Waals surface area contributed by atoms with Crippen molar-refractivity contribution in [1.29, 1.82) is 0 Å². The quantitative estimate of drug-likeness (QED) is 0.423. The number of carbonyl (C=O) groups is 2. The highest BCUT2D eigenvalue weighted by Gasteiger charge is 2.54. The van der Waals surface area contributed by atoms with Gasteiger partial charge in [-0.15, -0.1) is 0 Å². The first-order valence-electron chi connectivity index (χ1n) is 8.89. The largest absolute Gasteiger partial charge is 0.469 e. The van der Waals surface area contributed by atoms with Gasteiger partial charge in [0, 0.05) is 0 Å². The molecule has 4 nitrogen and oxygen atoms in total. The molecule has 0 aliphatic carbocycles. The number of methoxy groups -OCH3 is 2. The number of ether oxygens (including phenoxy) is 2. The Morgan fingerprint density at radius 2 is 1.46 bits per heavy atom. The predicted octanol–water partition coefficient (Wildman–Crippen LogP) is 4.95. The zero-order valence-electron chi connectivity index (χ0n) is 17.4. The van der Waals surface area contributed by atoms with Crippen LogP contribution >= 0.6 is 0 Å². The molecule has 0 aromatic heterocycles. The van der Waals surface area contributed by atoms with Gasteiger partial charge in [-0.2, -0.15) is 0 Å². The van der Waals surface area contributed by atoms with E-state index in [2.05, 4.69) is 53.1 Å². The van der Waals surface area contributed by atoms with Gasteiger partial charge in [0.25, 0.3) is 0 Å². The molecule has 142 valence electrons. The van der Waals surface area contributed by atoms with Gasteiger partial charge in [0.2, 0.25) is 0 Å². The van der Waals surface area contributed by atoms with Gasteiger partial charge < -0.3 is 9.47 Å². The fourth-order valence-electron chi connectivity index (χ4n) is 3.24. The molecule has 0 rings (SSSR count). The average Bonchev–Trinajstić information content (AvgIpc) is 2.43. The summed E-state index contributed by atoms with van der Waals surface area (Å²) in [7, 11) is -0.873. The second-order valence-corrected chi connectivity index (χ2v) is 20.3. The average molecular weight is 375 g/mol. The molecule has 0 amide bonds. The minimum atomic E-state index is -1.95. The number of esters is 2. The van der Waals surface area contributed by atoms with Crippen molar-refractivity contribution in [2.45, 2.75) is 83.0 Å². The van der Waals surface area contributed by atoms with Crippen LogP contribution in [0.15, 0.2) is 0 Å². The Hall–Kier alpha value is -0.626. The molecular formula is C18H38O4Si2. The smallest absolute Gasteiger partial charge is 0.308 e. The molecular weight excluding hydrogens is 336 g/mol. The van der Waals surface area contributed by atoms with E-state index >= 15 is 0 Å². The van der Waals surface area contributed by atoms with Crippen LogP contribution in [0.2, 0.25) is 49.9 Å². The van der Waals surface area contributed by atoms with Crippen LogP contribution < -0.4 is 0 Å². The van der Waals surface area contributed by atoms with Crippen molar-refractivity contribution < 1.29 is 19.1 Å². The molecule has 0 radical (unpaired) electrons. The maximum Gasteiger partial charge on any atom is 0.308 e. The Bertz CT molecular complexity index is 435. The molecule has 6 heteroatoms. The Kier molecular flexibility index (Phi) is 8.42. The molecule has 0 aromatic carbocycles. The molecule has 0 saturated heterocycles. The van der Waals surface area contributed by atoms with Crippen LogP contribution in [-0.2, 0) is 19.1 Å². The number of hydrogen-bond acceptors (Lipinski definition) is 4. The molecule has 24 heavy (non-hydrogen) atoms. The lowest BCUT2D eigenvalue weighted by Crippen LogP contribution is -2.49. The first-order chi connectivity index (χ1) is 10.7. The van der Waals surface area contributed by atoms with E-state index in [-0.39, 0.29) is 17.5 Å². The first-order valence-corrected chi connectivity index (χ1v) is 16.0.